The smallest absolute Gasteiger partial charge is 0.313 e. The van der Waals surface area contributed by atoms with E-state index in [4.69, 9.17) is 4.52 Å². The van der Waals surface area contributed by atoms with Crippen LogP contribution in [0, 0.1) is 0 Å². The number of carbonyl (C=O) groups excluding carboxylic acids is 1. The second-order valence-corrected chi connectivity index (χ2v) is 9.44. The van der Waals surface area contributed by atoms with E-state index in [0.717, 1.165) is 0 Å². The van der Waals surface area contributed by atoms with E-state index in [0.29, 0.717) is 17.0 Å². The summed E-state index contributed by atoms with van der Waals surface area (Å²) in [4.78, 5) is 11.2. The molecule has 0 aliphatic carbocycles. The average molecular weight is 326 g/mol. The number of rotatable bonds is 4. The molecule has 0 saturated carbocycles. The van der Waals surface area contributed by atoms with Crippen LogP contribution in [0.2, 0.25) is 0 Å². The minimum atomic E-state index is -1.62. The van der Waals surface area contributed by atoms with Gasteiger partial charge in [0.05, 0.1) is 17.0 Å². The molecule has 0 unspecified atom stereocenters. The summed E-state index contributed by atoms with van der Waals surface area (Å²) in [5.41, 5.74) is 1.35. The van der Waals surface area contributed by atoms with Gasteiger partial charge in [0.2, 0.25) is 7.49 Å². The Morgan fingerprint density at radius 3 is 1.27 bits per heavy atom. The van der Waals surface area contributed by atoms with Gasteiger partial charge in [-0.15, -0.1) is 0 Å². The molecule has 0 N–H and O–H groups in total. The molecule has 15 heavy (non-hydrogen) atoms. The van der Waals surface area contributed by atoms with Crippen molar-refractivity contribution in [1.82, 2.24) is 0 Å². The molecule has 0 amide bonds. The van der Waals surface area contributed by atoms with Crippen LogP contribution in [0.3, 0.4) is 0 Å². The minimum Gasteiger partial charge on any atom is -0.313 e. The number of hydrogen-bond donors (Lipinski definition) is 0. The van der Waals surface area contributed by atoms with Gasteiger partial charge in [0.15, 0.2) is 0 Å². The quantitative estimate of drug-likeness (QED) is 0.582. The molecule has 2 nitrogen and oxygen atoms in total. The van der Waals surface area contributed by atoms with E-state index in [-0.39, 0.29) is 26.4 Å². The van der Waals surface area contributed by atoms with Crippen LogP contribution in [0.4, 0.5) is 0 Å². The largest absolute Gasteiger partial charge is 0.346 e. The predicted molar refractivity (Wildman–Crippen MR) is 64.1 cm³/mol. The molecule has 0 aromatic heterocycles. The van der Waals surface area contributed by atoms with Gasteiger partial charge in [-0.3, -0.25) is 0 Å². The molecular weight excluding hydrogens is 302 g/mol. The summed E-state index contributed by atoms with van der Waals surface area (Å²) in [6.07, 6.45) is 0. The van der Waals surface area contributed by atoms with Gasteiger partial charge in [0, 0.05) is 27.3 Å². The third-order valence-electron chi connectivity index (χ3n) is 2.71. The molecule has 0 rings (SSSR count). The van der Waals surface area contributed by atoms with Crippen molar-refractivity contribution < 1.29 is 29.7 Å². The first kappa shape index (κ1) is 17.9. The van der Waals surface area contributed by atoms with E-state index in [1.54, 1.807) is 0 Å². The zero-order chi connectivity index (χ0) is 11.5. The van der Waals surface area contributed by atoms with Crippen LogP contribution in [0.1, 0.15) is 48.5 Å². The van der Waals surface area contributed by atoms with Gasteiger partial charge in [-0.2, -0.15) is 0 Å². The molecule has 0 saturated heterocycles. The van der Waals surface area contributed by atoms with Crippen molar-refractivity contribution in [2.24, 2.45) is 0 Å². The van der Waals surface area contributed by atoms with E-state index in [1.807, 2.05) is 0 Å². The van der Waals surface area contributed by atoms with Gasteiger partial charge in [-0.05, 0) is 41.5 Å². The Morgan fingerprint density at radius 2 is 1.20 bits per heavy atom. The molecule has 0 heterocycles. The SMILES string of the molecule is CC(=O)O[P+](C(C)C)(C(C)C)C(C)C.[Pd]. The van der Waals surface area contributed by atoms with Crippen LogP contribution >= 0.6 is 7.49 Å². The Labute approximate surface area is 109 Å². The molecule has 0 atom stereocenters. The van der Waals surface area contributed by atoms with Gasteiger partial charge in [-0.25, -0.2) is 4.79 Å². The van der Waals surface area contributed by atoms with Crippen molar-refractivity contribution in [2.75, 3.05) is 0 Å². The van der Waals surface area contributed by atoms with E-state index in [9.17, 15) is 4.79 Å². The van der Waals surface area contributed by atoms with Crippen molar-refractivity contribution in [2.45, 2.75) is 65.4 Å². The third-order valence-corrected chi connectivity index (χ3v) is 8.12. The molecule has 0 aliphatic rings. The van der Waals surface area contributed by atoms with Gasteiger partial charge in [0.1, 0.15) is 0 Å². The number of carbonyl (C=O) groups is 1. The van der Waals surface area contributed by atoms with E-state index in [1.165, 1.54) is 6.92 Å². The van der Waals surface area contributed by atoms with Gasteiger partial charge < -0.3 is 4.52 Å². The Morgan fingerprint density at radius 1 is 0.933 bits per heavy atom. The molecule has 4 heteroatoms. The topological polar surface area (TPSA) is 26.3 Å². The second kappa shape index (κ2) is 7.00. The van der Waals surface area contributed by atoms with Gasteiger partial charge in [-0.1, -0.05) is 0 Å². The zero-order valence-electron chi connectivity index (χ0n) is 10.8. The molecule has 94 valence electrons. The summed E-state index contributed by atoms with van der Waals surface area (Å²) in [7, 11) is -1.62. The monoisotopic (exact) mass is 325 g/mol. The average Bonchev–Trinajstić information content (AvgIpc) is 1.97. The zero-order valence-corrected chi connectivity index (χ0v) is 13.3. The normalized spacial score (nSPS) is 11.9. The fourth-order valence-corrected chi connectivity index (χ4v) is 6.98. The third kappa shape index (κ3) is 4.14. The molecule has 0 aromatic rings. The van der Waals surface area contributed by atoms with Gasteiger partial charge >= 0.3 is 5.97 Å². The van der Waals surface area contributed by atoms with Crippen LogP contribution < -0.4 is 0 Å². The predicted octanol–water partition coefficient (Wildman–Crippen LogP) is 3.70. The van der Waals surface area contributed by atoms with Crippen molar-refractivity contribution in [3.05, 3.63) is 0 Å². The summed E-state index contributed by atoms with van der Waals surface area (Å²) in [6.45, 7) is 14.5. The van der Waals surface area contributed by atoms with Crippen LogP contribution in [0.15, 0.2) is 0 Å². The first-order chi connectivity index (χ1) is 6.25. The molecule has 0 spiro atoms. The van der Waals surface area contributed by atoms with Gasteiger partial charge in [0.25, 0.3) is 0 Å². The molecule has 0 aliphatic heterocycles. The summed E-state index contributed by atoms with van der Waals surface area (Å²) < 4.78 is 5.69. The van der Waals surface area contributed by atoms with Crippen LogP contribution in [-0.4, -0.2) is 22.9 Å². The van der Waals surface area contributed by atoms with E-state index < -0.39 is 7.49 Å². The summed E-state index contributed by atoms with van der Waals surface area (Å²) in [6, 6.07) is 0. The Hall–Kier alpha value is 0.562. The maximum Gasteiger partial charge on any atom is 0.346 e. The second-order valence-electron chi connectivity index (χ2n) is 4.63. The van der Waals surface area contributed by atoms with E-state index >= 15 is 0 Å². The van der Waals surface area contributed by atoms with Crippen LogP contribution in [-0.2, 0) is 29.7 Å². The summed E-state index contributed by atoms with van der Waals surface area (Å²) in [5, 5.41) is 0. The first-order valence-corrected chi connectivity index (χ1v) is 7.24. The summed E-state index contributed by atoms with van der Waals surface area (Å²) in [5.74, 6) is -0.130. The molecule has 0 radical (unpaired) electrons. The molecular formula is C11H24O2PPd+. The Bertz CT molecular complexity index is 181. The number of hydrogen-bond acceptors (Lipinski definition) is 2. The van der Waals surface area contributed by atoms with Crippen molar-refractivity contribution in [3.8, 4) is 0 Å². The van der Waals surface area contributed by atoms with Crippen molar-refractivity contribution >= 4 is 13.5 Å². The van der Waals surface area contributed by atoms with Crippen LogP contribution in [0.25, 0.3) is 0 Å². The summed E-state index contributed by atoms with van der Waals surface area (Å²) >= 11 is 0. The van der Waals surface area contributed by atoms with E-state index in [2.05, 4.69) is 41.5 Å². The van der Waals surface area contributed by atoms with Crippen LogP contribution in [0.5, 0.6) is 0 Å². The maximum absolute atomic E-state index is 11.2. The molecule has 0 bridgehead atoms. The Kier molecular flexibility index (Phi) is 8.37. The fourth-order valence-electron chi connectivity index (χ4n) is 2.33. The standard InChI is InChI=1S/C11H24O2P.Pd/c1-8(2)14(9(3)4,10(5)6)13-11(7)12;/h8-10H,1-7H3;/q+1;. The Balaban J connectivity index is 0. The minimum absolute atomic E-state index is 0. The van der Waals surface area contributed by atoms with Crippen molar-refractivity contribution in [1.29, 1.82) is 0 Å². The van der Waals surface area contributed by atoms with Crippen molar-refractivity contribution in [3.63, 3.8) is 0 Å². The first-order valence-electron chi connectivity index (χ1n) is 5.33. The molecule has 0 fully saturated rings. The fraction of sp³-hybridized carbons (Fsp3) is 0.909. The molecule has 0 aromatic carbocycles. The maximum atomic E-state index is 11.2.